The van der Waals surface area contributed by atoms with Crippen molar-refractivity contribution < 1.29 is 8.42 Å². The lowest BCUT2D eigenvalue weighted by atomic mass is 10.2. The zero-order valence-electron chi connectivity index (χ0n) is 12.1. The molecule has 2 rings (SSSR count). The second kappa shape index (κ2) is 6.56. The summed E-state index contributed by atoms with van der Waals surface area (Å²) in [5, 5.41) is 3.09. The zero-order valence-corrected chi connectivity index (χ0v) is 12.9. The van der Waals surface area contributed by atoms with Gasteiger partial charge in [-0.15, -0.1) is 0 Å². The fourth-order valence-corrected chi connectivity index (χ4v) is 3.81. The van der Waals surface area contributed by atoms with Gasteiger partial charge in [-0.05, 0) is 45.5 Å². The first-order valence-corrected chi connectivity index (χ1v) is 8.55. The molecule has 0 aliphatic carbocycles. The highest BCUT2D eigenvalue weighted by atomic mass is 32.2. The van der Waals surface area contributed by atoms with Crippen LogP contribution in [0.15, 0.2) is 29.2 Å². The number of para-hydroxylation sites is 1. The van der Waals surface area contributed by atoms with Crippen molar-refractivity contribution in [2.45, 2.75) is 30.7 Å². The molecule has 1 saturated heterocycles. The van der Waals surface area contributed by atoms with Gasteiger partial charge in [0, 0.05) is 19.1 Å². The Morgan fingerprint density at radius 1 is 1.35 bits per heavy atom. The maximum Gasteiger partial charge on any atom is 0.242 e. The molecule has 1 aliphatic rings. The highest BCUT2D eigenvalue weighted by Crippen LogP contribution is 2.21. The highest BCUT2D eigenvalue weighted by molar-refractivity contribution is 7.89. The molecule has 0 radical (unpaired) electrons. The summed E-state index contributed by atoms with van der Waals surface area (Å²) in [5.41, 5.74) is 0.655. The standard InChI is InChI=1S/C14H23N3O2S/c1-3-15-13-8-4-5-9-14(13)20(18,19)16-11-12-7-6-10-17(12)2/h4-5,8-9,12,15-16H,3,6-7,10-11H2,1-2H3. The van der Waals surface area contributed by atoms with E-state index in [0.717, 1.165) is 19.4 Å². The number of hydrogen-bond donors (Lipinski definition) is 2. The average Bonchev–Trinajstić information content (AvgIpc) is 2.83. The molecule has 20 heavy (non-hydrogen) atoms. The van der Waals surface area contributed by atoms with Crippen LogP contribution >= 0.6 is 0 Å². The third-order valence-corrected chi connectivity index (χ3v) is 5.21. The molecule has 0 saturated carbocycles. The van der Waals surface area contributed by atoms with Crippen molar-refractivity contribution in [3.63, 3.8) is 0 Å². The van der Waals surface area contributed by atoms with E-state index in [2.05, 4.69) is 14.9 Å². The second-order valence-electron chi connectivity index (χ2n) is 5.16. The number of likely N-dealkylation sites (N-methyl/N-ethyl adjacent to an activating group) is 1. The fraction of sp³-hybridized carbons (Fsp3) is 0.571. The number of sulfonamides is 1. The first-order chi connectivity index (χ1) is 9.54. The molecule has 0 bridgehead atoms. The molecule has 1 aromatic carbocycles. The summed E-state index contributed by atoms with van der Waals surface area (Å²) in [6.45, 7) is 4.15. The Labute approximate surface area is 121 Å². The van der Waals surface area contributed by atoms with Crippen LogP contribution in [0.4, 0.5) is 5.69 Å². The Balaban J connectivity index is 2.10. The monoisotopic (exact) mass is 297 g/mol. The van der Waals surface area contributed by atoms with Crippen LogP contribution in [0.5, 0.6) is 0 Å². The second-order valence-corrected chi connectivity index (χ2v) is 6.89. The number of rotatable bonds is 6. The third-order valence-electron chi connectivity index (χ3n) is 3.72. The number of anilines is 1. The van der Waals surface area contributed by atoms with E-state index >= 15 is 0 Å². The van der Waals surface area contributed by atoms with Gasteiger partial charge >= 0.3 is 0 Å². The van der Waals surface area contributed by atoms with Crippen molar-refractivity contribution in [1.82, 2.24) is 9.62 Å². The van der Waals surface area contributed by atoms with Crippen LogP contribution < -0.4 is 10.0 Å². The minimum atomic E-state index is -3.46. The van der Waals surface area contributed by atoms with Gasteiger partial charge in [-0.25, -0.2) is 13.1 Å². The largest absolute Gasteiger partial charge is 0.384 e. The van der Waals surface area contributed by atoms with E-state index in [9.17, 15) is 8.42 Å². The maximum atomic E-state index is 12.4. The molecular weight excluding hydrogens is 274 g/mol. The van der Waals surface area contributed by atoms with Crippen molar-refractivity contribution in [3.8, 4) is 0 Å². The van der Waals surface area contributed by atoms with Crippen LogP contribution in [-0.4, -0.2) is 46.0 Å². The Kier molecular flexibility index (Phi) is 5.01. The summed E-state index contributed by atoms with van der Waals surface area (Å²) < 4.78 is 27.6. The number of likely N-dealkylation sites (tertiary alicyclic amines) is 1. The Morgan fingerprint density at radius 3 is 2.75 bits per heavy atom. The lowest BCUT2D eigenvalue weighted by molar-refractivity contribution is 0.311. The van der Waals surface area contributed by atoms with E-state index in [1.165, 1.54) is 0 Å². The molecule has 0 spiro atoms. The normalized spacial score (nSPS) is 20.2. The Bertz CT molecular complexity index is 545. The molecular formula is C14H23N3O2S. The fourth-order valence-electron chi connectivity index (χ4n) is 2.56. The van der Waals surface area contributed by atoms with E-state index < -0.39 is 10.0 Å². The first kappa shape index (κ1) is 15.3. The Morgan fingerprint density at radius 2 is 2.10 bits per heavy atom. The quantitative estimate of drug-likeness (QED) is 0.835. The highest BCUT2D eigenvalue weighted by Gasteiger charge is 2.24. The number of nitrogens with zero attached hydrogens (tertiary/aromatic N) is 1. The molecule has 1 heterocycles. The van der Waals surface area contributed by atoms with E-state index in [1.807, 2.05) is 20.0 Å². The van der Waals surface area contributed by atoms with Gasteiger partial charge in [0.1, 0.15) is 4.90 Å². The van der Waals surface area contributed by atoms with Crippen molar-refractivity contribution >= 4 is 15.7 Å². The van der Waals surface area contributed by atoms with E-state index in [4.69, 9.17) is 0 Å². The molecule has 1 fully saturated rings. The van der Waals surface area contributed by atoms with Crippen molar-refractivity contribution in [2.24, 2.45) is 0 Å². The van der Waals surface area contributed by atoms with Crippen molar-refractivity contribution in [2.75, 3.05) is 32.0 Å². The summed E-state index contributed by atoms with van der Waals surface area (Å²) >= 11 is 0. The maximum absolute atomic E-state index is 12.4. The van der Waals surface area contributed by atoms with Crippen LogP contribution in [0.1, 0.15) is 19.8 Å². The number of nitrogens with one attached hydrogen (secondary N) is 2. The van der Waals surface area contributed by atoms with Crippen LogP contribution in [0.25, 0.3) is 0 Å². The molecule has 2 N–H and O–H groups in total. The summed E-state index contributed by atoms with van der Waals surface area (Å²) in [6, 6.07) is 7.31. The Hall–Kier alpha value is -1.11. The van der Waals surface area contributed by atoms with Gasteiger partial charge in [0.05, 0.1) is 5.69 Å². The van der Waals surface area contributed by atoms with Gasteiger partial charge in [0.25, 0.3) is 0 Å². The molecule has 6 heteroatoms. The molecule has 1 atom stereocenters. The molecule has 0 aromatic heterocycles. The molecule has 1 aliphatic heterocycles. The van der Waals surface area contributed by atoms with E-state index in [0.29, 0.717) is 29.7 Å². The minimum absolute atomic E-state index is 0.302. The van der Waals surface area contributed by atoms with Crippen LogP contribution in [0.3, 0.4) is 0 Å². The van der Waals surface area contributed by atoms with Gasteiger partial charge in [-0.2, -0.15) is 0 Å². The summed E-state index contributed by atoms with van der Waals surface area (Å²) in [4.78, 5) is 2.53. The van der Waals surface area contributed by atoms with Gasteiger partial charge < -0.3 is 10.2 Å². The molecule has 1 unspecified atom stereocenters. The first-order valence-electron chi connectivity index (χ1n) is 7.07. The molecule has 1 aromatic rings. The van der Waals surface area contributed by atoms with Crippen molar-refractivity contribution in [1.29, 1.82) is 0 Å². The molecule has 0 amide bonds. The SMILES string of the molecule is CCNc1ccccc1S(=O)(=O)NCC1CCCN1C. The van der Waals surface area contributed by atoms with Crippen LogP contribution in [0, 0.1) is 0 Å². The van der Waals surface area contributed by atoms with E-state index in [-0.39, 0.29) is 0 Å². The number of benzene rings is 1. The van der Waals surface area contributed by atoms with Crippen LogP contribution in [0.2, 0.25) is 0 Å². The predicted molar refractivity (Wildman–Crippen MR) is 81.4 cm³/mol. The predicted octanol–water partition coefficient (Wildman–Crippen LogP) is 1.49. The van der Waals surface area contributed by atoms with Gasteiger partial charge in [-0.1, -0.05) is 12.1 Å². The van der Waals surface area contributed by atoms with Crippen molar-refractivity contribution in [3.05, 3.63) is 24.3 Å². The lowest BCUT2D eigenvalue weighted by Gasteiger charge is -2.20. The van der Waals surface area contributed by atoms with Crippen LogP contribution in [-0.2, 0) is 10.0 Å². The summed E-state index contributed by atoms with van der Waals surface area (Å²) in [6.07, 6.45) is 2.19. The minimum Gasteiger partial charge on any atom is -0.384 e. The average molecular weight is 297 g/mol. The third kappa shape index (κ3) is 3.50. The summed E-state index contributed by atoms with van der Waals surface area (Å²) in [5.74, 6) is 0. The van der Waals surface area contributed by atoms with Gasteiger partial charge in [-0.3, -0.25) is 0 Å². The zero-order chi connectivity index (χ0) is 14.6. The smallest absolute Gasteiger partial charge is 0.242 e. The molecule has 5 nitrogen and oxygen atoms in total. The van der Waals surface area contributed by atoms with E-state index in [1.54, 1.807) is 18.2 Å². The topological polar surface area (TPSA) is 61.4 Å². The number of hydrogen-bond acceptors (Lipinski definition) is 4. The summed E-state index contributed by atoms with van der Waals surface area (Å²) in [7, 11) is -1.42. The van der Waals surface area contributed by atoms with Gasteiger partial charge in [0.15, 0.2) is 0 Å². The molecule has 112 valence electrons. The lowest BCUT2D eigenvalue weighted by Crippen LogP contribution is -2.38. The van der Waals surface area contributed by atoms with Gasteiger partial charge in [0.2, 0.25) is 10.0 Å².